The van der Waals surface area contributed by atoms with E-state index in [2.05, 4.69) is 5.32 Å². The van der Waals surface area contributed by atoms with Gasteiger partial charge in [-0.3, -0.25) is 0 Å². The van der Waals surface area contributed by atoms with Gasteiger partial charge in [0.15, 0.2) is 0 Å². The summed E-state index contributed by atoms with van der Waals surface area (Å²) in [6, 6.07) is 11.2. The zero-order valence-electron chi connectivity index (χ0n) is 12.7. The van der Waals surface area contributed by atoms with Crippen molar-refractivity contribution in [2.45, 2.75) is 76.3 Å². The average Bonchev–Trinajstić information content (AvgIpc) is 2.51. The quantitative estimate of drug-likeness (QED) is 0.779. The van der Waals surface area contributed by atoms with Crippen LogP contribution >= 0.6 is 0 Å². The predicted octanol–water partition coefficient (Wildman–Crippen LogP) is 4.51. The third-order valence-electron chi connectivity index (χ3n) is 4.48. The lowest BCUT2D eigenvalue weighted by Gasteiger charge is -2.30. The largest absolute Gasteiger partial charge is 0.399 e. The fourth-order valence-corrected chi connectivity index (χ4v) is 3.32. The van der Waals surface area contributed by atoms with Crippen LogP contribution in [0.5, 0.6) is 0 Å². The Morgan fingerprint density at radius 2 is 1.15 bits per heavy atom. The lowest BCUT2D eigenvalue weighted by molar-refractivity contribution is 0.291. The molecule has 0 aliphatic heterocycles. The minimum absolute atomic E-state index is 0.822. The lowest BCUT2D eigenvalue weighted by Crippen LogP contribution is -2.40. The molecule has 3 rings (SSSR count). The van der Waals surface area contributed by atoms with E-state index in [-0.39, 0.29) is 0 Å². The Hall–Kier alpha value is -1.02. The molecule has 0 spiro atoms. The Labute approximate surface area is 124 Å². The van der Waals surface area contributed by atoms with Crippen LogP contribution in [0.1, 0.15) is 64.2 Å². The molecule has 2 nitrogen and oxygen atoms in total. The number of benzene rings is 1. The number of anilines is 1. The number of nitrogens with two attached hydrogens (primary N) is 1. The second-order valence-corrected chi connectivity index (χ2v) is 6.25. The number of rotatable bonds is 2. The normalized spacial score (nSPS) is 21.0. The van der Waals surface area contributed by atoms with Crippen LogP contribution in [0.4, 0.5) is 5.69 Å². The van der Waals surface area contributed by atoms with E-state index in [9.17, 15) is 0 Å². The summed E-state index contributed by atoms with van der Waals surface area (Å²) in [5.74, 6) is 0. The predicted molar refractivity (Wildman–Crippen MR) is 87.7 cm³/mol. The van der Waals surface area contributed by atoms with Gasteiger partial charge in [0.05, 0.1) is 0 Å². The number of hydrogen-bond acceptors (Lipinski definition) is 2. The summed E-state index contributed by atoms with van der Waals surface area (Å²) < 4.78 is 0. The zero-order chi connectivity index (χ0) is 14.0. The van der Waals surface area contributed by atoms with E-state index >= 15 is 0 Å². The summed E-state index contributed by atoms with van der Waals surface area (Å²) in [5, 5.41) is 3.86. The monoisotopic (exact) mass is 274 g/mol. The van der Waals surface area contributed by atoms with Crippen LogP contribution in [0.3, 0.4) is 0 Å². The van der Waals surface area contributed by atoms with Crippen LogP contribution in [0, 0.1) is 0 Å². The molecule has 2 aliphatic carbocycles. The lowest BCUT2D eigenvalue weighted by atomic mass is 9.91. The molecule has 0 bridgehead atoms. The topological polar surface area (TPSA) is 38.0 Å². The Bertz CT molecular complexity index is 322. The fourth-order valence-electron chi connectivity index (χ4n) is 3.32. The van der Waals surface area contributed by atoms with Crippen LogP contribution in [-0.2, 0) is 0 Å². The van der Waals surface area contributed by atoms with E-state index in [1.807, 2.05) is 30.3 Å². The van der Waals surface area contributed by atoms with Crippen molar-refractivity contribution >= 4 is 5.69 Å². The first-order valence-corrected chi connectivity index (χ1v) is 8.41. The fraction of sp³-hybridized carbons (Fsp3) is 0.667. The number of nitrogens with one attached hydrogen (secondary N) is 1. The highest BCUT2D eigenvalue weighted by atomic mass is 14.9. The van der Waals surface area contributed by atoms with Gasteiger partial charge in [-0.2, -0.15) is 0 Å². The summed E-state index contributed by atoms with van der Waals surface area (Å²) in [6.07, 6.45) is 14.6. The van der Waals surface area contributed by atoms with Crippen molar-refractivity contribution in [2.24, 2.45) is 0 Å². The SMILES string of the molecule is C1CCC(NC2CCCCC2)CC1.Nc1ccccc1. The molecule has 0 saturated heterocycles. The van der Waals surface area contributed by atoms with E-state index in [0.717, 1.165) is 17.8 Å². The number of hydrogen-bond donors (Lipinski definition) is 2. The summed E-state index contributed by atoms with van der Waals surface area (Å²) in [5.41, 5.74) is 6.18. The van der Waals surface area contributed by atoms with Crippen LogP contribution in [0.2, 0.25) is 0 Å². The van der Waals surface area contributed by atoms with Gasteiger partial charge in [0.1, 0.15) is 0 Å². The Morgan fingerprint density at radius 1 is 0.700 bits per heavy atom. The van der Waals surface area contributed by atoms with E-state index in [1.165, 1.54) is 64.2 Å². The van der Waals surface area contributed by atoms with Gasteiger partial charge in [0.25, 0.3) is 0 Å². The van der Waals surface area contributed by atoms with E-state index < -0.39 is 0 Å². The highest BCUT2D eigenvalue weighted by Crippen LogP contribution is 2.22. The minimum Gasteiger partial charge on any atom is -0.399 e. The molecular weight excluding hydrogens is 244 g/mol. The van der Waals surface area contributed by atoms with E-state index in [0.29, 0.717) is 0 Å². The summed E-state index contributed by atoms with van der Waals surface area (Å²) in [4.78, 5) is 0. The van der Waals surface area contributed by atoms with Crippen molar-refractivity contribution in [2.75, 3.05) is 5.73 Å². The van der Waals surface area contributed by atoms with Crippen molar-refractivity contribution in [3.63, 3.8) is 0 Å². The molecule has 2 heteroatoms. The second-order valence-electron chi connectivity index (χ2n) is 6.25. The van der Waals surface area contributed by atoms with Gasteiger partial charge < -0.3 is 11.1 Å². The maximum absolute atomic E-state index is 5.36. The molecule has 2 saturated carbocycles. The summed E-state index contributed by atoms with van der Waals surface area (Å²) in [6.45, 7) is 0. The number of nitrogen functional groups attached to an aromatic ring is 1. The molecule has 0 amide bonds. The van der Waals surface area contributed by atoms with Crippen molar-refractivity contribution in [3.05, 3.63) is 30.3 Å². The summed E-state index contributed by atoms with van der Waals surface area (Å²) in [7, 11) is 0. The highest BCUT2D eigenvalue weighted by Gasteiger charge is 2.19. The van der Waals surface area contributed by atoms with E-state index in [4.69, 9.17) is 5.73 Å². The van der Waals surface area contributed by atoms with Gasteiger partial charge in [0.2, 0.25) is 0 Å². The van der Waals surface area contributed by atoms with Crippen molar-refractivity contribution in [3.8, 4) is 0 Å². The Morgan fingerprint density at radius 3 is 1.50 bits per heavy atom. The molecule has 2 fully saturated rings. The maximum atomic E-state index is 5.36. The van der Waals surface area contributed by atoms with Gasteiger partial charge >= 0.3 is 0 Å². The first kappa shape index (κ1) is 15.4. The standard InChI is InChI=1S/C12H23N.C6H7N/c1-3-7-11(8-4-1)13-12-9-5-2-6-10-12;7-6-4-2-1-3-5-6/h11-13H,1-10H2;1-5H,7H2. The number of para-hydroxylation sites is 1. The molecule has 0 aromatic heterocycles. The molecule has 3 N–H and O–H groups in total. The molecule has 0 unspecified atom stereocenters. The Kier molecular flexibility index (Phi) is 6.93. The van der Waals surface area contributed by atoms with Gasteiger partial charge in [-0.05, 0) is 37.8 Å². The van der Waals surface area contributed by atoms with Crippen molar-refractivity contribution in [1.29, 1.82) is 0 Å². The third-order valence-corrected chi connectivity index (χ3v) is 4.48. The smallest absolute Gasteiger partial charge is 0.0313 e. The van der Waals surface area contributed by atoms with Crippen LogP contribution in [-0.4, -0.2) is 12.1 Å². The van der Waals surface area contributed by atoms with Gasteiger partial charge in [-0.25, -0.2) is 0 Å². The Balaban J connectivity index is 0.000000178. The van der Waals surface area contributed by atoms with Crippen LogP contribution in [0.15, 0.2) is 30.3 Å². The first-order chi connectivity index (χ1) is 9.84. The first-order valence-electron chi connectivity index (χ1n) is 8.41. The molecule has 112 valence electrons. The van der Waals surface area contributed by atoms with Gasteiger partial charge in [0, 0.05) is 17.8 Å². The van der Waals surface area contributed by atoms with Gasteiger partial charge in [-0.1, -0.05) is 56.7 Å². The highest BCUT2D eigenvalue weighted by molar-refractivity contribution is 5.35. The molecule has 1 aromatic carbocycles. The van der Waals surface area contributed by atoms with Crippen LogP contribution < -0.4 is 11.1 Å². The molecule has 20 heavy (non-hydrogen) atoms. The third kappa shape index (κ3) is 5.96. The molecular formula is C18H30N2. The minimum atomic E-state index is 0.822. The zero-order valence-corrected chi connectivity index (χ0v) is 12.7. The molecule has 2 aliphatic rings. The average molecular weight is 274 g/mol. The molecule has 1 aromatic rings. The molecule has 0 heterocycles. The molecule has 0 atom stereocenters. The van der Waals surface area contributed by atoms with E-state index in [1.54, 1.807) is 0 Å². The second kappa shape index (κ2) is 9.02. The van der Waals surface area contributed by atoms with Crippen molar-refractivity contribution in [1.82, 2.24) is 5.32 Å². The van der Waals surface area contributed by atoms with Gasteiger partial charge in [-0.15, -0.1) is 0 Å². The summed E-state index contributed by atoms with van der Waals surface area (Å²) >= 11 is 0. The molecule has 0 radical (unpaired) electrons. The van der Waals surface area contributed by atoms with Crippen LogP contribution in [0.25, 0.3) is 0 Å². The maximum Gasteiger partial charge on any atom is 0.0313 e. The van der Waals surface area contributed by atoms with Crippen molar-refractivity contribution < 1.29 is 0 Å².